The lowest BCUT2D eigenvalue weighted by Crippen LogP contribution is -2.39. The van der Waals surface area contributed by atoms with Gasteiger partial charge in [-0.2, -0.15) is 0 Å². The van der Waals surface area contributed by atoms with Crippen LogP contribution < -0.4 is 10.2 Å². The fourth-order valence-electron chi connectivity index (χ4n) is 2.53. The molecule has 0 radical (unpaired) electrons. The number of nitrogens with one attached hydrogen (secondary N) is 1. The van der Waals surface area contributed by atoms with Crippen LogP contribution in [0.4, 0.5) is 5.82 Å². The Kier molecular flexibility index (Phi) is 4.52. The van der Waals surface area contributed by atoms with Gasteiger partial charge in [0.1, 0.15) is 5.82 Å². The lowest BCUT2D eigenvalue weighted by molar-refractivity contribution is 0.328. The highest BCUT2D eigenvalue weighted by Gasteiger charge is 2.25. The maximum atomic E-state index is 4.85. The summed E-state index contributed by atoms with van der Waals surface area (Å²) in [6.07, 6.45) is 0. The molecule has 0 aliphatic rings. The minimum atomic E-state index is 0.214. The second kappa shape index (κ2) is 6.02. The van der Waals surface area contributed by atoms with Gasteiger partial charge < -0.3 is 10.2 Å². The zero-order chi connectivity index (χ0) is 15.6. The Labute approximate surface area is 128 Å². The third-order valence-electron chi connectivity index (χ3n) is 4.35. The van der Waals surface area contributed by atoms with Crippen molar-refractivity contribution in [2.45, 2.75) is 40.3 Å². The molecule has 3 heteroatoms. The Balaban J connectivity index is 2.49. The van der Waals surface area contributed by atoms with E-state index >= 15 is 0 Å². The molecule has 0 saturated carbocycles. The van der Waals surface area contributed by atoms with Crippen LogP contribution in [0.3, 0.4) is 0 Å². The number of pyridine rings is 1. The number of aromatic nitrogens is 1. The number of para-hydroxylation sites is 1. The van der Waals surface area contributed by atoms with Gasteiger partial charge in [0.05, 0.1) is 5.52 Å². The highest BCUT2D eigenvalue weighted by atomic mass is 15.2. The number of rotatable bonds is 4. The first-order valence-electron chi connectivity index (χ1n) is 7.60. The van der Waals surface area contributed by atoms with Gasteiger partial charge in [-0.3, -0.25) is 0 Å². The van der Waals surface area contributed by atoms with Crippen molar-refractivity contribution in [3.8, 4) is 0 Å². The molecule has 1 N–H and O–H groups in total. The first kappa shape index (κ1) is 15.8. The van der Waals surface area contributed by atoms with E-state index in [0.717, 1.165) is 17.9 Å². The van der Waals surface area contributed by atoms with E-state index in [4.69, 9.17) is 4.98 Å². The van der Waals surface area contributed by atoms with Crippen molar-refractivity contribution in [1.82, 2.24) is 10.3 Å². The standard InChI is InChI=1S/C18H27N3/c1-13(18(2,3)4)21(6)17-11-14(12-19-5)15-9-7-8-10-16(15)20-17/h7-11,13,19H,12H2,1-6H3. The van der Waals surface area contributed by atoms with E-state index in [1.807, 2.05) is 7.05 Å². The minimum Gasteiger partial charge on any atom is -0.356 e. The van der Waals surface area contributed by atoms with E-state index in [2.05, 4.69) is 75.3 Å². The van der Waals surface area contributed by atoms with Gasteiger partial charge in [0.15, 0.2) is 0 Å². The minimum absolute atomic E-state index is 0.214. The van der Waals surface area contributed by atoms with Crippen molar-refractivity contribution in [2.24, 2.45) is 5.41 Å². The van der Waals surface area contributed by atoms with Crippen LogP contribution in [-0.4, -0.2) is 25.1 Å². The molecule has 0 fully saturated rings. The summed E-state index contributed by atoms with van der Waals surface area (Å²) >= 11 is 0. The van der Waals surface area contributed by atoms with E-state index in [9.17, 15) is 0 Å². The van der Waals surface area contributed by atoms with E-state index in [1.54, 1.807) is 0 Å². The molecule has 1 atom stereocenters. The Morgan fingerprint density at radius 1 is 1.24 bits per heavy atom. The summed E-state index contributed by atoms with van der Waals surface area (Å²) in [5.41, 5.74) is 2.57. The molecule has 1 heterocycles. The number of anilines is 1. The van der Waals surface area contributed by atoms with Crippen molar-refractivity contribution in [3.05, 3.63) is 35.9 Å². The maximum absolute atomic E-state index is 4.85. The zero-order valence-electron chi connectivity index (χ0n) is 14.1. The van der Waals surface area contributed by atoms with Crippen LogP contribution in [0.1, 0.15) is 33.3 Å². The molecule has 21 heavy (non-hydrogen) atoms. The van der Waals surface area contributed by atoms with Gasteiger partial charge in [-0.15, -0.1) is 0 Å². The molecule has 0 aliphatic carbocycles. The normalized spacial score (nSPS) is 13.4. The average molecular weight is 285 g/mol. The molecular weight excluding hydrogens is 258 g/mol. The highest BCUT2D eigenvalue weighted by molar-refractivity contribution is 5.84. The third kappa shape index (κ3) is 3.35. The fourth-order valence-corrected chi connectivity index (χ4v) is 2.53. The second-order valence-corrected chi connectivity index (χ2v) is 6.84. The van der Waals surface area contributed by atoms with Crippen LogP contribution in [0.5, 0.6) is 0 Å². The van der Waals surface area contributed by atoms with Gasteiger partial charge in [-0.05, 0) is 37.1 Å². The molecule has 0 amide bonds. The van der Waals surface area contributed by atoms with Crippen LogP contribution in [0.2, 0.25) is 0 Å². The molecule has 1 aromatic carbocycles. The van der Waals surface area contributed by atoms with Crippen LogP contribution in [0.15, 0.2) is 30.3 Å². The molecule has 0 saturated heterocycles. The quantitative estimate of drug-likeness (QED) is 0.925. The smallest absolute Gasteiger partial charge is 0.129 e. The summed E-state index contributed by atoms with van der Waals surface area (Å²) in [6.45, 7) is 9.92. The van der Waals surface area contributed by atoms with E-state index < -0.39 is 0 Å². The molecule has 2 rings (SSSR count). The van der Waals surface area contributed by atoms with Crippen molar-refractivity contribution in [1.29, 1.82) is 0 Å². The molecule has 2 aromatic rings. The summed E-state index contributed by atoms with van der Waals surface area (Å²) in [6, 6.07) is 11.0. The van der Waals surface area contributed by atoms with Gasteiger partial charge in [-0.25, -0.2) is 4.98 Å². The van der Waals surface area contributed by atoms with Crippen molar-refractivity contribution in [3.63, 3.8) is 0 Å². The highest BCUT2D eigenvalue weighted by Crippen LogP contribution is 2.29. The van der Waals surface area contributed by atoms with E-state index in [1.165, 1.54) is 10.9 Å². The average Bonchev–Trinajstić information content (AvgIpc) is 2.45. The third-order valence-corrected chi connectivity index (χ3v) is 4.35. The summed E-state index contributed by atoms with van der Waals surface area (Å²) in [7, 11) is 4.12. The number of benzene rings is 1. The summed E-state index contributed by atoms with van der Waals surface area (Å²) < 4.78 is 0. The Bertz CT molecular complexity index is 613. The van der Waals surface area contributed by atoms with Gasteiger partial charge in [0, 0.05) is 25.0 Å². The Morgan fingerprint density at radius 3 is 2.52 bits per heavy atom. The van der Waals surface area contributed by atoms with E-state index in [0.29, 0.717) is 6.04 Å². The Hall–Kier alpha value is -1.61. The lowest BCUT2D eigenvalue weighted by Gasteiger charge is -2.36. The first-order chi connectivity index (χ1) is 9.84. The second-order valence-electron chi connectivity index (χ2n) is 6.84. The number of hydrogen-bond donors (Lipinski definition) is 1. The van der Waals surface area contributed by atoms with Crippen molar-refractivity contribution in [2.75, 3.05) is 19.0 Å². The Morgan fingerprint density at radius 2 is 1.90 bits per heavy atom. The molecule has 0 spiro atoms. The van der Waals surface area contributed by atoms with Crippen LogP contribution in [-0.2, 0) is 6.54 Å². The number of fused-ring (bicyclic) bond motifs is 1. The first-order valence-corrected chi connectivity index (χ1v) is 7.60. The molecule has 0 bridgehead atoms. The largest absolute Gasteiger partial charge is 0.356 e. The summed E-state index contributed by atoms with van der Waals surface area (Å²) in [5, 5.41) is 4.48. The van der Waals surface area contributed by atoms with Crippen molar-refractivity contribution >= 4 is 16.7 Å². The van der Waals surface area contributed by atoms with Crippen LogP contribution in [0.25, 0.3) is 10.9 Å². The number of nitrogens with zero attached hydrogens (tertiary/aromatic N) is 2. The van der Waals surface area contributed by atoms with Crippen LogP contribution >= 0.6 is 0 Å². The summed E-state index contributed by atoms with van der Waals surface area (Å²) in [4.78, 5) is 7.13. The van der Waals surface area contributed by atoms with E-state index in [-0.39, 0.29) is 5.41 Å². The topological polar surface area (TPSA) is 28.2 Å². The van der Waals surface area contributed by atoms with Gasteiger partial charge in [-0.1, -0.05) is 39.0 Å². The number of hydrogen-bond acceptors (Lipinski definition) is 3. The molecule has 114 valence electrons. The monoisotopic (exact) mass is 285 g/mol. The molecule has 1 unspecified atom stereocenters. The fraction of sp³-hybridized carbons (Fsp3) is 0.500. The lowest BCUT2D eigenvalue weighted by atomic mass is 9.87. The van der Waals surface area contributed by atoms with Gasteiger partial charge in [0.25, 0.3) is 0 Å². The van der Waals surface area contributed by atoms with Gasteiger partial charge in [0.2, 0.25) is 0 Å². The SMILES string of the molecule is CNCc1cc(N(C)C(C)C(C)(C)C)nc2ccccc12. The maximum Gasteiger partial charge on any atom is 0.129 e. The predicted octanol–water partition coefficient (Wildman–Crippen LogP) is 3.83. The van der Waals surface area contributed by atoms with Crippen molar-refractivity contribution < 1.29 is 0 Å². The predicted molar refractivity (Wildman–Crippen MR) is 91.8 cm³/mol. The summed E-state index contributed by atoms with van der Waals surface area (Å²) in [5.74, 6) is 1.04. The molecule has 0 aliphatic heterocycles. The molecule has 3 nitrogen and oxygen atoms in total. The van der Waals surface area contributed by atoms with Crippen LogP contribution in [0, 0.1) is 5.41 Å². The zero-order valence-corrected chi connectivity index (χ0v) is 14.1. The van der Waals surface area contributed by atoms with Gasteiger partial charge >= 0.3 is 0 Å². The molecular formula is C18H27N3. The molecule has 1 aromatic heterocycles.